The summed E-state index contributed by atoms with van der Waals surface area (Å²) in [7, 11) is 0. The van der Waals surface area contributed by atoms with Gasteiger partial charge in [0.2, 0.25) is 0 Å². The van der Waals surface area contributed by atoms with E-state index in [-0.39, 0.29) is 18.0 Å². The zero-order chi connectivity index (χ0) is 14.7. The van der Waals surface area contributed by atoms with Gasteiger partial charge in [0.15, 0.2) is 0 Å². The fourth-order valence-electron chi connectivity index (χ4n) is 2.31. The fourth-order valence-corrected chi connectivity index (χ4v) is 2.31. The number of rotatable bonds is 5. The van der Waals surface area contributed by atoms with Crippen molar-refractivity contribution in [1.29, 1.82) is 0 Å². The van der Waals surface area contributed by atoms with Crippen LogP contribution >= 0.6 is 12.4 Å². The lowest BCUT2D eigenvalue weighted by molar-refractivity contribution is 0.490. The molecule has 22 heavy (non-hydrogen) atoms. The molecule has 0 saturated carbocycles. The average Bonchev–Trinajstić information content (AvgIpc) is 2.99. The van der Waals surface area contributed by atoms with E-state index in [1.165, 1.54) is 4.68 Å². The predicted octanol–water partition coefficient (Wildman–Crippen LogP) is 2.20. The molecule has 0 spiro atoms. The van der Waals surface area contributed by atoms with Crippen LogP contribution in [-0.2, 0) is 13.1 Å². The zero-order valence-electron chi connectivity index (χ0n) is 12.3. The van der Waals surface area contributed by atoms with Gasteiger partial charge in [-0.25, -0.2) is 9.67 Å². The number of nitrogens with zero attached hydrogens (tertiary/aromatic N) is 5. The second-order valence-electron chi connectivity index (χ2n) is 5.15. The lowest BCUT2D eigenvalue weighted by atomic mass is 10.2. The summed E-state index contributed by atoms with van der Waals surface area (Å²) in [5, 5.41) is 8.75. The van der Waals surface area contributed by atoms with Gasteiger partial charge in [-0.05, 0) is 31.9 Å². The molecule has 0 bridgehead atoms. The van der Waals surface area contributed by atoms with Gasteiger partial charge in [-0.1, -0.05) is 16.8 Å². The molecule has 0 aliphatic carbocycles. The van der Waals surface area contributed by atoms with Crippen LogP contribution in [0.5, 0.6) is 0 Å². The maximum atomic E-state index is 12.3. The standard InChI is InChI=1S/C15H17N5O.ClH/c1-12-4-5-14-13(10-12)15(21)20(18-17-14)8-3-2-7-19-9-6-16-11-19;/h4-6,9-11H,2-3,7-8H2,1H3;1H. The predicted molar refractivity (Wildman–Crippen MR) is 87.2 cm³/mol. The summed E-state index contributed by atoms with van der Waals surface area (Å²) >= 11 is 0. The molecule has 116 valence electrons. The summed E-state index contributed by atoms with van der Waals surface area (Å²) in [4.78, 5) is 16.3. The third-order valence-corrected chi connectivity index (χ3v) is 3.47. The van der Waals surface area contributed by atoms with Crippen molar-refractivity contribution in [3.63, 3.8) is 0 Å². The summed E-state index contributed by atoms with van der Waals surface area (Å²) in [6.45, 7) is 3.45. The molecule has 3 aromatic rings. The van der Waals surface area contributed by atoms with Crippen molar-refractivity contribution in [3.8, 4) is 0 Å². The number of aromatic nitrogens is 5. The summed E-state index contributed by atoms with van der Waals surface area (Å²) in [5.41, 5.74) is 1.64. The molecule has 6 nitrogen and oxygen atoms in total. The minimum atomic E-state index is -0.0636. The highest BCUT2D eigenvalue weighted by Gasteiger charge is 2.05. The molecular formula is C15H18ClN5O. The Balaban J connectivity index is 0.00000176. The Hall–Kier alpha value is -2.21. The van der Waals surface area contributed by atoms with Crippen LogP contribution in [0.2, 0.25) is 0 Å². The lowest BCUT2D eigenvalue weighted by Crippen LogP contribution is -2.24. The maximum absolute atomic E-state index is 12.3. The van der Waals surface area contributed by atoms with Gasteiger partial charge in [-0.2, -0.15) is 0 Å². The van der Waals surface area contributed by atoms with Crippen LogP contribution in [0, 0.1) is 6.92 Å². The molecule has 0 saturated heterocycles. The Bertz CT molecular complexity index is 797. The Kier molecular flexibility index (Phi) is 5.27. The van der Waals surface area contributed by atoms with E-state index in [1.807, 2.05) is 35.9 Å². The number of imidazole rings is 1. The Morgan fingerprint density at radius 1 is 1.18 bits per heavy atom. The van der Waals surface area contributed by atoms with Gasteiger partial charge in [0.25, 0.3) is 5.56 Å². The molecule has 3 rings (SSSR count). The number of halogens is 1. The van der Waals surface area contributed by atoms with Crippen molar-refractivity contribution in [3.05, 3.63) is 52.8 Å². The first-order valence-electron chi connectivity index (χ1n) is 7.04. The van der Waals surface area contributed by atoms with Crippen LogP contribution < -0.4 is 5.56 Å². The summed E-state index contributed by atoms with van der Waals surface area (Å²) in [6.07, 6.45) is 7.34. The van der Waals surface area contributed by atoms with Gasteiger partial charge in [0.1, 0.15) is 5.52 Å². The largest absolute Gasteiger partial charge is 0.337 e. The molecule has 7 heteroatoms. The van der Waals surface area contributed by atoms with E-state index in [4.69, 9.17) is 0 Å². The third-order valence-electron chi connectivity index (χ3n) is 3.47. The van der Waals surface area contributed by atoms with Crippen molar-refractivity contribution < 1.29 is 0 Å². The summed E-state index contributed by atoms with van der Waals surface area (Å²) in [5.74, 6) is 0. The highest BCUT2D eigenvalue weighted by atomic mass is 35.5. The molecular weight excluding hydrogens is 302 g/mol. The van der Waals surface area contributed by atoms with Crippen molar-refractivity contribution in [1.82, 2.24) is 24.5 Å². The van der Waals surface area contributed by atoms with Crippen LogP contribution in [-0.4, -0.2) is 24.5 Å². The number of fused-ring (bicyclic) bond motifs is 1. The summed E-state index contributed by atoms with van der Waals surface area (Å²) < 4.78 is 3.48. The molecule has 0 aliphatic rings. The van der Waals surface area contributed by atoms with Crippen LogP contribution in [0.4, 0.5) is 0 Å². The third kappa shape index (κ3) is 3.51. The number of hydrogen-bond donors (Lipinski definition) is 0. The summed E-state index contributed by atoms with van der Waals surface area (Å²) in [6, 6.07) is 5.64. The first-order valence-corrected chi connectivity index (χ1v) is 7.04. The molecule has 0 fully saturated rings. The van der Waals surface area contributed by atoms with E-state index < -0.39 is 0 Å². The normalized spacial score (nSPS) is 10.6. The fraction of sp³-hybridized carbons (Fsp3) is 0.333. The van der Waals surface area contributed by atoms with Crippen LogP contribution in [0.15, 0.2) is 41.7 Å². The van der Waals surface area contributed by atoms with Gasteiger partial charge in [0, 0.05) is 25.5 Å². The van der Waals surface area contributed by atoms with Gasteiger partial charge in [-0.3, -0.25) is 4.79 Å². The monoisotopic (exact) mass is 319 g/mol. The van der Waals surface area contributed by atoms with Crippen molar-refractivity contribution >= 4 is 23.3 Å². The molecule has 0 amide bonds. The highest BCUT2D eigenvalue weighted by molar-refractivity contribution is 5.85. The van der Waals surface area contributed by atoms with Gasteiger partial charge in [-0.15, -0.1) is 17.5 Å². The average molecular weight is 320 g/mol. The van der Waals surface area contributed by atoms with Crippen molar-refractivity contribution in [2.75, 3.05) is 0 Å². The van der Waals surface area contributed by atoms with E-state index in [0.29, 0.717) is 17.4 Å². The Morgan fingerprint density at radius 3 is 2.77 bits per heavy atom. The molecule has 0 unspecified atom stereocenters. The van der Waals surface area contributed by atoms with Crippen LogP contribution in [0.25, 0.3) is 10.9 Å². The molecule has 1 aromatic carbocycles. The van der Waals surface area contributed by atoms with E-state index in [9.17, 15) is 4.79 Å². The topological polar surface area (TPSA) is 65.6 Å². The Morgan fingerprint density at radius 2 is 2.00 bits per heavy atom. The van der Waals surface area contributed by atoms with E-state index >= 15 is 0 Å². The zero-order valence-corrected chi connectivity index (χ0v) is 13.2. The second-order valence-corrected chi connectivity index (χ2v) is 5.15. The van der Waals surface area contributed by atoms with Crippen molar-refractivity contribution in [2.24, 2.45) is 0 Å². The maximum Gasteiger partial charge on any atom is 0.277 e. The molecule has 0 N–H and O–H groups in total. The van der Waals surface area contributed by atoms with Crippen molar-refractivity contribution in [2.45, 2.75) is 32.9 Å². The molecule has 2 heterocycles. The number of benzene rings is 1. The molecule has 0 atom stereocenters. The first kappa shape index (κ1) is 16.2. The minimum absolute atomic E-state index is 0. The molecule has 0 radical (unpaired) electrons. The number of aryl methyl sites for hydroxylation is 3. The minimum Gasteiger partial charge on any atom is -0.337 e. The SMILES string of the molecule is Cc1ccc2nnn(CCCCn3ccnc3)c(=O)c2c1.Cl. The Labute approximate surface area is 134 Å². The lowest BCUT2D eigenvalue weighted by Gasteiger charge is -2.05. The van der Waals surface area contributed by atoms with Crippen LogP contribution in [0.1, 0.15) is 18.4 Å². The quantitative estimate of drug-likeness (QED) is 0.676. The second kappa shape index (κ2) is 7.17. The highest BCUT2D eigenvalue weighted by Crippen LogP contribution is 2.08. The smallest absolute Gasteiger partial charge is 0.277 e. The molecule has 2 aromatic heterocycles. The van der Waals surface area contributed by atoms with E-state index in [2.05, 4.69) is 15.3 Å². The van der Waals surface area contributed by atoms with Gasteiger partial charge < -0.3 is 4.57 Å². The van der Waals surface area contributed by atoms with Gasteiger partial charge in [0.05, 0.1) is 11.7 Å². The number of hydrogen-bond acceptors (Lipinski definition) is 4. The van der Waals surface area contributed by atoms with Crippen LogP contribution in [0.3, 0.4) is 0 Å². The first-order chi connectivity index (χ1) is 10.2. The van der Waals surface area contributed by atoms with Gasteiger partial charge >= 0.3 is 0 Å². The van der Waals surface area contributed by atoms with E-state index in [1.54, 1.807) is 12.5 Å². The molecule has 0 aliphatic heterocycles. The number of unbranched alkanes of at least 4 members (excludes halogenated alkanes) is 1. The van der Waals surface area contributed by atoms with E-state index in [0.717, 1.165) is 24.9 Å².